The second kappa shape index (κ2) is 16.6. The number of hydrogen-bond donors (Lipinski definition) is 1. The fraction of sp³-hybridized carbons (Fsp3) is 0.256. The first-order valence-corrected chi connectivity index (χ1v) is 19.2. The fourth-order valence-corrected chi connectivity index (χ4v) is 8.35. The van der Waals surface area contributed by atoms with Crippen molar-refractivity contribution in [2.45, 2.75) is 61.8 Å². The second-order valence-corrected chi connectivity index (χ2v) is 14.7. The molecule has 5 aromatic carbocycles. The van der Waals surface area contributed by atoms with Crippen molar-refractivity contribution in [3.8, 4) is 0 Å². The number of aliphatic hydroxyl groups is 1. The molecule has 7 rings (SSSR count). The van der Waals surface area contributed by atoms with Crippen molar-refractivity contribution in [2.24, 2.45) is 0 Å². The van der Waals surface area contributed by atoms with Crippen molar-refractivity contribution in [3.05, 3.63) is 174 Å². The number of hydrogen-bond acceptors (Lipinski definition) is 8. The van der Waals surface area contributed by atoms with E-state index in [-0.39, 0.29) is 31.3 Å². The Labute approximate surface area is 310 Å². The standard InChI is InChI=1S/C43H43NO8S/c1-2-48-42-43(51-31-34-21-11-5-12-22-34,37-27-44(38-26-16-15-25-36(37)38)53(46,47)35-23-13-6-14-24-35)41(50-30-33-19-9-4-10-20-33)40(39(28-45)52-42)49-29-32-17-7-3-8-18-32/h3-27,39-42,45H,2,28-31H2,1H3/t39-,40-,41+,42-,43-/m1/s1. The van der Waals surface area contributed by atoms with E-state index in [1.54, 1.807) is 48.7 Å². The van der Waals surface area contributed by atoms with Gasteiger partial charge in [0.25, 0.3) is 10.0 Å². The summed E-state index contributed by atoms with van der Waals surface area (Å²) < 4.78 is 64.1. The van der Waals surface area contributed by atoms with Crippen molar-refractivity contribution in [3.63, 3.8) is 0 Å². The Hall–Kier alpha value is -4.65. The van der Waals surface area contributed by atoms with Crippen LogP contribution in [0.4, 0.5) is 0 Å². The molecule has 0 radical (unpaired) electrons. The summed E-state index contributed by atoms with van der Waals surface area (Å²) in [6, 6.07) is 44.8. The Morgan fingerprint density at radius 2 is 1.21 bits per heavy atom. The van der Waals surface area contributed by atoms with E-state index in [0.29, 0.717) is 16.5 Å². The van der Waals surface area contributed by atoms with Crippen LogP contribution in [0.5, 0.6) is 0 Å². The second-order valence-electron chi connectivity index (χ2n) is 12.9. The molecular weight excluding hydrogens is 691 g/mol. The average molecular weight is 734 g/mol. The maximum atomic E-state index is 14.4. The van der Waals surface area contributed by atoms with Crippen LogP contribution in [-0.2, 0) is 59.1 Å². The molecule has 1 fully saturated rings. The van der Waals surface area contributed by atoms with E-state index in [9.17, 15) is 13.5 Å². The predicted molar refractivity (Wildman–Crippen MR) is 201 cm³/mol. The zero-order chi connectivity index (χ0) is 36.7. The summed E-state index contributed by atoms with van der Waals surface area (Å²) >= 11 is 0. The molecule has 0 spiro atoms. The highest BCUT2D eigenvalue weighted by Crippen LogP contribution is 2.49. The van der Waals surface area contributed by atoms with Gasteiger partial charge in [0.15, 0.2) is 11.9 Å². The Bertz CT molecular complexity index is 2160. The lowest BCUT2D eigenvalue weighted by molar-refractivity contribution is -0.372. The minimum atomic E-state index is -4.09. The minimum absolute atomic E-state index is 0.0963. The molecular formula is C43H43NO8S. The molecule has 5 atom stereocenters. The van der Waals surface area contributed by atoms with Crippen LogP contribution < -0.4 is 0 Å². The van der Waals surface area contributed by atoms with E-state index < -0.39 is 46.8 Å². The molecule has 6 aromatic rings. The van der Waals surface area contributed by atoms with Gasteiger partial charge in [-0.2, -0.15) is 0 Å². The third-order valence-corrected chi connectivity index (χ3v) is 11.2. The van der Waals surface area contributed by atoms with Gasteiger partial charge in [-0.3, -0.25) is 0 Å². The van der Waals surface area contributed by atoms with Crippen molar-refractivity contribution >= 4 is 20.9 Å². The fourth-order valence-electron chi connectivity index (χ4n) is 6.96. The Morgan fingerprint density at radius 3 is 1.79 bits per heavy atom. The molecule has 0 unspecified atom stereocenters. The topological polar surface area (TPSA) is 105 Å². The molecule has 0 saturated carbocycles. The molecule has 10 heteroatoms. The molecule has 0 amide bonds. The van der Waals surface area contributed by atoms with E-state index >= 15 is 0 Å². The molecule has 53 heavy (non-hydrogen) atoms. The molecule has 9 nitrogen and oxygen atoms in total. The summed E-state index contributed by atoms with van der Waals surface area (Å²) in [6.07, 6.45) is -2.34. The van der Waals surface area contributed by atoms with Crippen LogP contribution in [0.2, 0.25) is 0 Å². The molecule has 274 valence electrons. The molecule has 2 heterocycles. The molecule has 1 aliphatic rings. The number of rotatable bonds is 15. The van der Waals surface area contributed by atoms with Gasteiger partial charge in [-0.05, 0) is 41.8 Å². The van der Waals surface area contributed by atoms with Gasteiger partial charge >= 0.3 is 0 Å². The van der Waals surface area contributed by atoms with Crippen LogP contribution >= 0.6 is 0 Å². The smallest absolute Gasteiger partial charge is 0.268 e. The number of para-hydroxylation sites is 1. The quantitative estimate of drug-likeness (QED) is 0.118. The van der Waals surface area contributed by atoms with Gasteiger partial charge in [0.1, 0.15) is 18.3 Å². The van der Waals surface area contributed by atoms with E-state index in [4.69, 9.17) is 23.7 Å². The largest absolute Gasteiger partial charge is 0.394 e. The van der Waals surface area contributed by atoms with E-state index in [1.807, 2.05) is 110 Å². The molecule has 1 saturated heterocycles. The zero-order valence-corrected chi connectivity index (χ0v) is 30.3. The molecule has 1 aromatic heterocycles. The SMILES string of the molecule is CCO[C@@H]1O[C@H](CO)[C@@H](OCc2ccccc2)[C@H](OCc2ccccc2)[C@]1(OCc1ccccc1)c1cn(S(=O)(=O)c2ccccc2)c2ccccc12. The third kappa shape index (κ3) is 7.58. The van der Waals surface area contributed by atoms with Gasteiger partial charge in [0.05, 0.1) is 36.8 Å². The van der Waals surface area contributed by atoms with Crippen LogP contribution in [0, 0.1) is 0 Å². The predicted octanol–water partition coefficient (Wildman–Crippen LogP) is 7.21. The lowest BCUT2D eigenvalue weighted by Crippen LogP contribution is -2.67. The van der Waals surface area contributed by atoms with Gasteiger partial charge in [-0.25, -0.2) is 12.4 Å². The Balaban J connectivity index is 1.47. The van der Waals surface area contributed by atoms with Crippen molar-refractivity contribution in [2.75, 3.05) is 13.2 Å². The van der Waals surface area contributed by atoms with Gasteiger partial charge in [-0.1, -0.05) is 127 Å². The summed E-state index contributed by atoms with van der Waals surface area (Å²) in [5.74, 6) is 0. The molecule has 1 aliphatic heterocycles. The summed E-state index contributed by atoms with van der Waals surface area (Å²) in [4.78, 5) is 0.133. The first-order valence-electron chi connectivity index (χ1n) is 17.7. The lowest BCUT2D eigenvalue weighted by Gasteiger charge is -2.53. The lowest BCUT2D eigenvalue weighted by atomic mass is 9.79. The Kier molecular flexibility index (Phi) is 11.5. The van der Waals surface area contributed by atoms with E-state index in [2.05, 4.69) is 0 Å². The number of nitrogens with zero attached hydrogens (tertiary/aromatic N) is 1. The summed E-state index contributed by atoms with van der Waals surface area (Å²) in [5, 5.41) is 11.5. The summed E-state index contributed by atoms with van der Waals surface area (Å²) in [7, 11) is -4.09. The maximum absolute atomic E-state index is 14.4. The Morgan fingerprint density at radius 1 is 0.679 bits per heavy atom. The van der Waals surface area contributed by atoms with Gasteiger partial charge in [0.2, 0.25) is 0 Å². The van der Waals surface area contributed by atoms with Crippen molar-refractivity contribution < 1.29 is 37.2 Å². The number of aliphatic hydroxyl groups excluding tert-OH is 1. The number of aromatic nitrogens is 1. The molecule has 0 aliphatic carbocycles. The van der Waals surface area contributed by atoms with Crippen LogP contribution in [0.25, 0.3) is 10.9 Å². The number of ether oxygens (including phenoxy) is 5. The first-order chi connectivity index (χ1) is 26.0. The maximum Gasteiger partial charge on any atom is 0.268 e. The normalized spacial score (nSPS) is 21.8. The van der Waals surface area contributed by atoms with E-state index in [0.717, 1.165) is 16.7 Å². The summed E-state index contributed by atoms with van der Waals surface area (Å²) in [5.41, 5.74) is 1.97. The van der Waals surface area contributed by atoms with Gasteiger partial charge in [-0.15, -0.1) is 0 Å². The average Bonchev–Trinajstić information content (AvgIpc) is 3.61. The molecule has 1 N–H and O–H groups in total. The van der Waals surface area contributed by atoms with Crippen LogP contribution in [0.1, 0.15) is 29.2 Å². The number of benzene rings is 5. The van der Waals surface area contributed by atoms with Crippen LogP contribution in [0.3, 0.4) is 0 Å². The monoisotopic (exact) mass is 733 g/mol. The van der Waals surface area contributed by atoms with Gasteiger partial charge in [0, 0.05) is 23.8 Å². The van der Waals surface area contributed by atoms with Crippen LogP contribution in [-0.4, -0.2) is 55.3 Å². The first kappa shape index (κ1) is 36.7. The van der Waals surface area contributed by atoms with Crippen molar-refractivity contribution in [1.82, 2.24) is 3.97 Å². The molecule has 0 bridgehead atoms. The highest BCUT2D eigenvalue weighted by atomic mass is 32.2. The van der Waals surface area contributed by atoms with Gasteiger partial charge < -0.3 is 28.8 Å². The highest BCUT2D eigenvalue weighted by molar-refractivity contribution is 7.90. The zero-order valence-electron chi connectivity index (χ0n) is 29.4. The number of fused-ring (bicyclic) bond motifs is 1. The van der Waals surface area contributed by atoms with Crippen molar-refractivity contribution in [1.29, 1.82) is 0 Å². The van der Waals surface area contributed by atoms with E-state index in [1.165, 1.54) is 3.97 Å². The third-order valence-electron chi connectivity index (χ3n) is 9.51. The summed E-state index contributed by atoms with van der Waals surface area (Å²) in [6.45, 7) is 2.12. The minimum Gasteiger partial charge on any atom is -0.394 e. The van der Waals surface area contributed by atoms with Crippen LogP contribution in [0.15, 0.2) is 157 Å². The highest BCUT2D eigenvalue weighted by Gasteiger charge is 2.61.